The van der Waals surface area contributed by atoms with E-state index in [1.165, 1.54) is 20.5 Å². The smallest absolute Gasteiger partial charge is 0.444 e. The van der Waals surface area contributed by atoms with Crippen LogP contribution < -0.4 is 5.59 Å². The quantitative estimate of drug-likeness (QED) is 0.114. The number of carbonyl (C=O) groups is 3. The number of H-pyrrole nitrogens is 1. The summed E-state index contributed by atoms with van der Waals surface area (Å²) in [5.41, 5.74) is -1.23. The third-order valence-corrected chi connectivity index (χ3v) is 7.21. The van der Waals surface area contributed by atoms with Crippen LogP contribution in [0.5, 0.6) is 0 Å². The number of halogens is 3. The molecule has 306 valence electrons. The number of nitrogens with zero attached hydrogens (tertiary/aromatic N) is 8. The van der Waals surface area contributed by atoms with Crippen molar-refractivity contribution in [1.82, 2.24) is 44.5 Å². The second kappa shape index (κ2) is 24.6. The molecule has 0 aliphatic carbocycles. The fourth-order valence-corrected chi connectivity index (χ4v) is 4.26. The van der Waals surface area contributed by atoms with Crippen LogP contribution in [0.2, 0.25) is 0 Å². The predicted molar refractivity (Wildman–Crippen MR) is 226 cm³/mol. The molecule has 0 aliphatic heterocycles. The van der Waals surface area contributed by atoms with Crippen LogP contribution in [0, 0.1) is 7.40 Å². The lowest BCUT2D eigenvalue weighted by Crippen LogP contribution is -2.36. The number of aromatic nitrogens is 6. The molecule has 0 aliphatic rings. The van der Waals surface area contributed by atoms with Crippen molar-refractivity contribution in [2.45, 2.75) is 92.2 Å². The molecule has 17 nitrogen and oxygen atoms in total. The molecule has 0 spiro atoms. The van der Waals surface area contributed by atoms with Gasteiger partial charge in [0.2, 0.25) is 0 Å². The van der Waals surface area contributed by atoms with Gasteiger partial charge in [0, 0.05) is 65.2 Å². The number of carbonyl (C=O) groups excluding carboxylic acids is 3. The summed E-state index contributed by atoms with van der Waals surface area (Å²) >= 11 is 9.77. The Kier molecular flexibility index (Phi) is 23.3. The van der Waals surface area contributed by atoms with Gasteiger partial charge in [-0.2, -0.15) is 15.3 Å². The van der Waals surface area contributed by atoms with E-state index < -0.39 is 30.0 Å². The first-order chi connectivity index (χ1) is 24.7. The van der Waals surface area contributed by atoms with Crippen LogP contribution >= 0.6 is 56.8 Å². The van der Waals surface area contributed by atoms with Crippen molar-refractivity contribution < 1.29 is 38.6 Å². The number of ether oxygens (including phenoxy) is 3. The lowest BCUT2D eigenvalue weighted by molar-refractivity contribution is 0.0282. The van der Waals surface area contributed by atoms with Gasteiger partial charge < -0.3 is 39.0 Å². The normalized spacial score (nSPS) is 11.0. The number of alkyl halides is 1. The zero-order valence-corrected chi connectivity index (χ0v) is 38.4. The van der Waals surface area contributed by atoms with Crippen molar-refractivity contribution in [2.24, 2.45) is 0 Å². The Morgan fingerprint density at radius 3 is 1.43 bits per heavy atom. The van der Waals surface area contributed by atoms with Gasteiger partial charge >= 0.3 is 25.4 Å². The van der Waals surface area contributed by atoms with Gasteiger partial charge in [0.1, 0.15) is 20.5 Å². The van der Waals surface area contributed by atoms with E-state index >= 15 is 0 Å². The van der Waals surface area contributed by atoms with Crippen LogP contribution in [0.3, 0.4) is 0 Å². The van der Waals surface area contributed by atoms with Crippen LogP contribution in [-0.4, -0.2) is 143 Å². The van der Waals surface area contributed by atoms with Gasteiger partial charge in [0.05, 0.1) is 22.4 Å². The van der Waals surface area contributed by atoms with E-state index in [4.69, 9.17) is 35.9 Å². The molecule has 0 radical (unpaired) electrons. The van der Waals surface area contributed by atoms with E-state index in [1.54, 1.807) is 59.2 Å². The molecule has 3 rings (SSSR count). The Balaban J connectivity index is 0.000000736. The topological polar surface area (TPSA) is 193 Å². The average molecular weight is 1010 g/mol. The first-order valence-corrected chi connectivity index (χ1v) is 19.5. The Labute approximate surface area is 351 Å². The molecule has 54 heavy (non-hydrogen) atoms. The molecule has 21 heteroatoms. The van der Waals surface area contributed by atoms with Gasteiger partial charge in [-0.15, -0.1) is 11.6 Å². The van der Waals surface area contributed by atoms with E-state index in [-0.39, 0.29) is 17.8 Å². The second-order valence-electron chi connectivity index (χ2n) is 14.6. The second-order valence-corrected chi connectivity index (χ2v) is 17.2. The van der Waals surface area contributed by atoms with Crippen molar-refractivity contribution in [2.75, 3.05) is 46.7 Å². The summed E-state index contributed by atoms with van der Waals surface area (Å²) in [7, 11) is 3.45. The molecule has 0 bridgehead atoms. The first kappa shape index (κ1) is 51.2. The average Bonchev–Trinajstić information content (AvgIpc) is 3.80. The molecule has 0 fully saturated rings. The number of amides is 3. The summed E-state index contributed by atoms with van der Waals surface area (Å²) < 4.78 is 20.9. The largest absolute Gasteiger partial charge is 0.510 e. The minimum atomic E-state index is -1.58. The minimum Gasteiger partial charge on any atom is -0.444 e. The molecule has 3 N–H and O–H groups in total. The molecular formula is C33H57BClI2N9O8. The highest BCUT2D eigenvalue weighted by Crippen LogP contribution is 2.11. The molecule has 0 saturated carbocycles. The van der Waals surface area contributed by atoms with Gasteiger partial charge in [-0.05, 0) is 126 Å². The SMILES string of the molecule is CN(CCCl)C(=O)OC(C)(C)C.CN(CCn1ccc(B(O)O)n1)C(=O)OC(C)(C)C.CN(CCn1ccc(I)n1)C(=O)OC(C)(C)C.Ic1ccn[nH]1. The lowest BCUT2D eigenvalue weighted by Gasteiger charge is -2.24. The van der Waals surface area contributed by atoms with Crippen LogP contribution in [0.15, 0.2) is 36.8 Å². The zero-order valence-electron chi connectivity index (χ0n) is 33.3. The van der Waals surface area contributed by atoms with Crippen molar-refractivity contribution in [3.05, 3.63) is 44.2 Å². The molecule has 0 unspecified atom stereocenters. The van der Waals surface area contributed by atoms with E-state index in [2.05, 4.69) is 65.6 Å². The highest BCUT2D eigenvalue weighted by molar-refractivity contribution is 14.1. The Morgan fingerprint density at radius 2 is 1.15 bits per heavy atom. The summed E-state index contributed by atoms with van der Waals surface area (Å²) in [6, 6.07) is 5.34. The maximum atomic E-state index is 11.7. The van der Waals surface area contributed by atoms with Gasteiger partial charge in [0.15, 0.2) is 0 Å². The summed E-state index contributed by atoms with van der Waals surface area (Å²) in [4.78, 5) is 39.0. The number of hydrogen-bond acceptors (Lipinski definition) is 11. The number of nitrogens with one attached hydrogen (secondary N) is 1. The molecule has 0 saturated heterocycles. The first-order valence-electron chi connectivity index (χ1n) is 16.8. The summed E-state index contributed by atoms with van der Waals surface area (Å²) in [5, 5.41) is 32.5. The van der Waals surface area contributed by atoms with Crippen LogP contribution in [-0.2, 0) is 27.3 Å². The standard InChI is InChI=1S/C11H20BN3O4.C11H18IN3O2.C8H16ClNO2.C3H3IN2/c1-11(2,3)19-10(16)14(4)7-8-15-6-5-9(13-15)12(17)18;1-11(2,3)17-10(16)14(4)7-8-15-6-5-9(12)13-15;1-8(2,3)12-7(11)10(4)6-5-9;4-3-1-2-5-6-3/h5-6,17-18H,7-8H2,1-4H3;5-6H,7-8H2,1-4H3;5-6H2,1-4H3;1-2H,(H,5,6). The number of hydrogen-bond donors (Lipinski definition) is 3. The molecule has 0 atom stereocenters. The third kappa shape index (κ3) is 26.1. The minimum absolute atomic E-state index is 0.180. The Hall–Kier alpha value is -2.83. The molecule has 3 aromatic heterocycles. The van der Waals surface area contributed by atoms with E-state index in [9.17, 15) is 14.4 Å². The van der Waals surface area contributed by atoms with Crippen LogP contribution in [0.25, 0.3) is 0 Å². The monoisotopic (exact) mass is 1010 g/mol. The van der Waals surface area contributed by atoms with Crippen molar-refractivity contribution >= 4 is 87.8 Å². The highest BCUT2D eigenvalue weighted by atomic mass is 127. The van der Waals surface area contributed by atoms with Gasteiger partial charge in [-0.1, -0.05) is 0 Å². The number of rotatable bonds is 9. The van der Waals surface area contributed by atoms with Crippen LogP contribution in [0.4, 0.5) is 14.4 Å². The van der Waals surface area contributed by atoms with E-state index in [1.807, 2.05) is 64.6 Å². The fraction of sp³-hybridized carbons (Fsp3) is 0.636. The summed E-state index contributed by atoms with van der Waals surface area (Å²) in [6.45, 7) is 19.1. The third-order valence-electron chi connectivity index (χ3n) is 5.87. The van der Waals surface area contributed by atoms with Gasteiger partial charge in [-0.3, -0.25) is 14.5 Å². The molecular weight excluding hydrogens is 950 g/mol. The maximum Gasteiger partial charge on any atom is 0.510 e. The summed E-state index contributed by atoms with van der Waals surface area (Å²) in [5.74, 6) is 0.426. The molecule has 3 heterocycles. The zero-order chi connectivity index (χ0) is 41.9. The van der Waals surface area contributed by atoms with Gasteiger partial charge in [-0.25, -0.2) is 14.4 Å². The van der Waals surface area contributed by atoms with E-state index in [0.29, 0.717) is 38.6 Å². The highest BCUT2D eigenvalue weighted by Gasteiger charge is 2.21. The maximum absolute atomic E-state index is 11.7. The van der Waals surface area contributed by atoms with Crippen molar-refractivity contribution in [3.8, 4) is 0 Å². The van der Waals surface area contributed by atoms with Gasteiger partial charge in [0.25, 0.3) is 0 Å². The number of likely N-dealkylation sites (N-methyl/N-ethyl adjacent to an activating group) is 2. The fourth-order valence-electron chi connectivity index (χ4n) is 3.27. The van der Waals surface area contributed by atoms with E-state index in [0.717, 1.165) is 7.40 Å². The lowest BCUT2D eigenvalue weighted by atomic mass is 9.87. The van der Waals surface area contributed by atoms with Crippen molar-refractivity contribution in [3.63, 3.8) is 0 Å². The van der Waals surface area contributed by atoms with Crippen molar-refractivity contribution in [1.29, 1.82) is 0 Å². The number of aromatic amines is 1. The summed E-state index contributed by atoms with van der Waals surface area (Å²) in [6.07, 6.45) is 4.20. The Morgan fingerprint density at radius 1 is 0.741 bits per heavy atom. The predicted octanol–water partition coefficient (Wildman–Crippen LogP) is 4.89. The molecule has 3 amide bonds. The molecule has 0 aromatic carbocycles. The van der Waals surface area contributed by atoms with Crippen LogP contribution in [0.1, 0.15) is 62.3 Å². The Bertz CT molecular complexity index is 1510. The molecule has 3 aromatic rings.